The summed E-state index contributed by atoms with van der Waals surface area (Å²) in [6.07, 6.45) is 0.441. The van der Waals surface area contributed by atoms with Gasteiger partial charge in [-0.2, -0.15) is 4.98 Å². The van der Waals surface area contributed by atoms with Crippen LogP contribution in [0.5, 0.6) is 5.88 Å². The minimum absolute atomic E-state index is 0.219. The van der Waals surface area contributed by atoms with E-state index in [9.17, 15) is 9.90 Å². The van der Waals surface area contributed by atoms with Gasteiger partial charge in [0.2, 0.25) is 5.88 Å². The van der Waals surface area contributed by atoms with E-state index in [1.807, 2.05) is 0 Å². The second kappa shape index (κ2) is 4.29. The smallest absolute Gasteiger partial charge is 0.258 e. The molecule has 5 heteroatoms. The molecule has 2 rings (SSSR count). The Hall–Kier alpha value is -2.30. The van der Waals surface area contributed by atoms with Gasteiger partial charge in [-0.1, -0.05) is 6.92 Å². The molecule has 0 amide bonds. The molecule has 4 N–H and O–H groups in total. The van der Waals surface area contributed by atoms with E-state index in [4.69, 9.17) is 5.73 Å². The normalized spacial score (nSPS) is 10.4. The zero-order chi connectivity index (χ0) is 12.4. The molecule has 0 atom stereocenters. The third kappa shape index (κ3) is 2.13. The molecule has 0 fully saturated rings. The number of hydrogen-bond acceptors (Lipinski definition) is 4. The largest absolute Gasteiger partial charge is 0.493 e. The molecule has 0 radical (unpaired) electrons. The molecule has 5 nitrogen and oxygen atoms in total. The maximum absolute atomic E-state index is 11.7. The molecule has 17 heavy (non-hydrogen) atoms. The highest BCUT2D eigenvalue weighted by Gasteiger charge is 2.09. The predicted molar refractivity (Wildman–Crippen MR) is 65.7 cm³/mol. The molecule has 0 saturated heterocycles. The van der Waals surface area contributed by atoms with Crippen molar-refractivity contribution in [2.24, 2.45) is 0 Å². The molecule has 0 aliphatic heterocycles. The number of nitrogen functional groups attached to an aromatic ring is 1. The summed E-state index contributed by atoms with van der Waals surface area (Å²) >= 11 is 0. The number of H-pyrrole nitrogens is 1. The fraction of sp³-hybridized carbons (Fsp3) is 0.167. The Bertz CT molecular complexity index is 588. The minimum atomic E-state index is -0.313. The van der Waals surface area contributed by atoms with Gasteiger partial charge in [-0.15, -0.1) is 0 Å². The Morgan fingerprint density at radius 1 is 1.35 bits per heavy atom. The number of rotatable bonds is 2. The van der Waals surface area contributed by atoms with Crippen LogP contribution in [0.3, 0.4) is 0 Å². The van der Waals surface area contributed by atoms with Crippen molar-refractivity contribution in [1.82, 2.24) is 9.97 Å². The summed E-state index contributed by atoms with van der Waals surface area (Å²) < 4.78 is 0. The molecular formula is C12H13N3O2. The van der Waals surface area contributed by atoms with Gasteiger partial charge < -0.3 is 15.8 Å². The van der Waals surface area contributed by atoms with Crippen molar-refractivity contribution < 1.29 is 5.11 Å². The van der Waals surface area contributed by atoms with Crippen LogP contribution in [0, 0.1) is 0 Å². The average Bonchev–Trinajstić information content (AvgIpc) is 2.29. The number of aromatic nitrogens is 2. The van der Waals surface area contributed by atoms with Crippen LogP contribution in [0.1, 0.15) is 12.5 Å². The van der Waals surface area contributed by atoms with Gasteiger partial charge in [-0.05, 0) is 30.7 Å². The van der Waals surface area contributed by atoms with Crippen molar-refractivity contribution in [2.75, 3.05) is 5.73 Å². The average molecular weight is 231 g/mol. The van der Waals surface area contributed by atoms with Gasteiger partial charge >= 0.3 is 0 Å². The van der Waals surface area contributed by atoms with E-state index in [-0.39, 0.29) is 11.4 Å². The number of aromatic hydroxyl groups is 1. The first-order valence-electron chi connectivity index (χ1n) is 5.30. The maximum Gasteiger partial charge on any atom is 0.258 e. The van der Waals surface area contributed by atoms with Crippen LogP contribution in [0.2, 0.25) is 0 Å². The van der Waals surface area contributed by atoms with Gasteiger partial charge in [0, 0.05) is 11.3 Å². The molecular weight excluding hydrogens is 218 g/mol. The highest BCUT2D eigenvalue weighted by atomic mass is 16.3. The van der Waals surface area contributed by atoms with Crippen LogP contribution in [0.15, 0.2) is 29.1 Å². The lowest BCUT2D eigenvalue weighted by Crippen LogP contribution is -2.14. The lowest BCUT2D eigenvalue weighted by molar-refractivity contribution is 0.444. The molecule has 88 valence electrons. The van der Waals surface area contributed by atoms with Gasteiger partial charge in [0.1, 0.15) is 5.82 Å². The number of aromatic amines is 1. The molecule has 2 aromatic rings. The van der Waals surface area contributed by atoms with Gasteiger partial charge in [-0.25, -0.2) is 0 Å². The molecule has 0 aliphatic rings. The standard InChI is InChI=1S/C12H13N3O2/c1-2-9-11(16)14-10(15-12(9)17)7-3-5-8(13)6-4-7/h3-6H,2,13H2,1H3,(H2,14,15,16,17). The van der Waals surface area contributed by atoms with Crippen molar-refractivity contribution in [3.63, 3.8) is 0 Å². The van der Waals surface area contributed by atoms with Crippen molar-refractivity contribution in [3.8, 4) is 17.3 Å². The molecule has 0 saturated carbocycles. The molecule has 0 aliphatic carbocycles. The lowest BCUT2D eigenvalue weighted by atomic mass is 10.2. The second-order valence-electron chi connectivity index (χ2n) is 3.69. The Morgan fingerprint density at radius 2 is 2.00 bits per heavy atom. The van der Waals surface area contributed by atoms with Gasteiger partial charge in [0.15, 0.2) is 0 Å². The van der Waals surface area contributed by atoms with Crippen molar-refractivity contribution in [1.29, 1.82) is 0 Å². The monoisotopic (exact) mass is 231 g/mol. The van der Waals surface area contributed by atoms with Crippen LogP contribution >= 0.6 is 0 Å². The Balaban J connectivity index is 2.54. The van der Waals surface area contributed by atoms with Crippen LogP contribution in [0.25, 0.3) is 11.4 Å². The maximum atomic E-state index is 11.7. The van der Waals surface area contributed by atoms with Crippen molar-refractivity contribution >= 4 is 5.69 Å². The quantitative estimate of drug-likeness (QED) is 0.679. The molecule has 1 aromatic heterocycles. The van der Waals surface area contributed by atoms with E-state index in [2.05, 4.69) is 9.97 Å². The number of nitrogens with zero attached hydrogens (tertiary/aromatic N) is 1. The summed E-state index contributed by atoms with van der Waals surface area (Å²) in [5.41, 5.74) is 6.88. The van der Waals surface area contributed by atoms with Gasteiger partial charge in [0.05, 0.1) is 5.56 Å². The zero-order valence-electron chi connectivity index (χ0n) is 9.40. The second-order valence-corrected chi connectivity index (χ2v) is 3.69. The van der Waals surface area contributed by atoms with E-state index in [0.29, 0.717) is 29.1 Å². The fourth-order valence-electron chi connectivity index (χ4n) is 1.58. The fourth-order valence-corrected chi connectivity index (χ4v) is 1.58. The highest BCUT2D eigenvalue weighted by Crippen LogP contribution is 2.18. The van der Waals surface area contributed by atoms with Crippen LogP contribution in [-0.4, -0.2) is 15.1 Å². The first-order valence-corrected chi connectivity index (χ1v) is 5.30. The summed E-state index contributed by atoms with van der Waals surface area (Å²) in [6, 6.07) is 6.89. The molecule has 0 bridgehead atoms. The summed E-state index contributed by atoms with van der Waals surface area (Å²) in [5.74, 6) is 0.118. The number of nitrogens with one attached hydrogen (secondary N) is 1. The third-order valence-electron chi connectivity index (χ3n) is 2.53. The number of hydrogen-bond donors (Lipinski definition) is 3. The van der Waals surface area contributed by atoms with Crippen LogP contribution in [-0.2, 0) is 6.42 Å². The van der Waals surface area contributed by atoms with E-state index in [1.54, 1.807) is 31.2 Å². The zero-order valence-corrected chi connectivity index (χ0v) is 9.40. The van der Waals surface area contributed by atoms with E-state index < -0.39 is 0 Å². The Kier molecular flexibility index (Phi) is 2.82. The summed E-state index contributed by atoms with van der Waals surface area (Å²) in [5, 5.41) is 9.63. The first-order chi connectivity index (χ1) is 8.11. The minimum Gasteiger partial charge on any atom is -0.493 e. The summed E-state index contributed by atoms with van der Waals surface area (Å²) in [7, 11) is 0. The molecule has 1 aromatic carbocycles. The lowest BCUT2D eigenvalue weighted by Gasteiger charge is -2.04. The van der Waals surface area contributed by atoms with E-state index in [0.717, 1.165) is 0 Å². The first kappa shape index (κ1) is 11.2. The number of nitrogens with two attached hydrogens (primary N) is 1. The summed E-state index contributed by atoms with van der Waals surface area (Å²) in [4.78, 5) is 18.3. The topological polar surface area (TPSA) is 92.0 Å². The highest BCUT2D eigenvalue weighted by molar-refractivity contribution is 5.59. The molecule has 0 spiro atoms. The van der Waals surface area contributed by atoms with Gasteiger partial charge in [0.25, 0.3) is 5.56 Å². The number of anilines is 1. The van der Waals surface area contributed by atoms with Crippen LogP contribution in [0.4, 0.5) is 5.69 Å². The summed E-state index contributed by atoms with van der Waals surface area (Å²) in [6.45, 7) is 1.79. The Labute approximate surface area is 98.0 Å². The van der Waals surface area contributed by atoms with Crippen molar-refractivity contribution in [2.45, 2.75) is 13.3 Å². The van der Waals surface area contributed by atoms with E-state index in [1.165, 1.54) is 0 Å². The SMILES string of the molecule is CCc1c(O)nc(-c2ccc(N)cc2)[nH]c1=O. The van der Waals surface area contributed by atoms with E-state index >= 15 is 0 Å². The number of benzene rings is 1. The van der Waals surface area contributed by atoms with Gasteiger partial charge in [-0.3, -0.25) is 4.79 Å². The molecule has 1 heterocycles. The van der Waals surface area contributed by atoms with Crippen LogP contribution < -0.4 is 11.3 Å². The Morgan fingerprint density at radius 3 is 2.53 bits per heavy atom. The third-order valence-corrected chi connectivity index (χ3v) is 2.53. The molecule has 0 unspecified atom stereocenters. The predicted octanol–water partition coefficient (Wildman–Crippen LogP) is 1.29. The van der Waals surface area contributed by atoms with Crippen molar-refractivity contribution in [3.05, 3.63) is 40.2 Å².